The Hall–Kier alpha value is -3.54. The number of amides is 2. The van der Waals surface area contributed by atoms with Crippen LogP contribution in [0.5, 0.6) is 11.5 Å². The van der Waals surface area contributed by atoms with Crippen LogP contribution in [-0.4, -0.2) is 74.9 Å². The quantitative estimate of drug-likeness (QED) is 0.362. The number of nitrogens with one attached hydrogen (secondary N) is 2. The molecule has 2 heterocycles. The van der Waals surface area contributed by atoms with E-state index in [0.29, 0.717) is 17.2 Å². The minimum atomic E-state index is -0.572. The van der Waals surface area contributed by atoms with Crippen LogP contribution in [0.3, 0.4) is 0 Å². The Morgan fingerprint density at radius 2 is 1.72 bits per heavy atom. The van der Waals surface area contributed by atoms with Gasteiger partial charge in [-0.2, -0.15) is 0 Å². The molecule has 1 aliphatic heterocycles. The van der Waals surface area contributed by atoms with Crippen molar-refractivity contribution in [2.24, 2.45) is 0 Å². The third-order valence-corrected chi connectivity index (χ3v) is 7.24. The molecule has 3 aromatic rings. The Labute approximate surface area is 236 Å². The molecule has 1 fully saturated rings. The number of nitrogens with zero attached hydrogens (tertiary/aromatic N) is 5. The average molecular weight is 578 g/mol. The smallest absolute Gasteiger partial charge is 0.327 e. The van der Waals surface area contributed by atoms with E-state index in [1.807, 2.05) is 0 Å². The maximum atomic E-state index is 15.0. The number of piperazine rings is 1. The van der Waals surface area contributed by atoms with E-state index in [0.717, 1.165) is 32.7 Å². The molecule has 1 aromatic heterocycles. The van der Waals surface area contributed by atoms with E-state index in [1.165, 1.54) is 44.6 Å². The first kappa shape index (κ1) is 28.5. The number of likely N-dealkylation sites (N-methyl/N-ethyl adjacent to an activating group) is 1. The molecule has 1 saturated heterocycles. The van der Waals surface area contributed by atoms with Gasteiger partial charge in [0.1, 0.15) is 45.3 Å². The van der Waals surface area contributed by atoms with Crippen molar-refractivity contribution in [3.8, 4) is 11.5 Å². The number of anilines is 5. The normalized spacial score (nSPS) is 13.7. The van der Waals surface area contributed by atoms with Crippen molar-refractivity contribution in [2.45, 2.75) is 6.92 Å². The van der Waals surface area contributed by atoms with Gasteiger partial charge in [0.05, 0.1) is 25.6 Å². The molecule has 0 aliphatic carbocycles. The summed E-state index contributed by atoms with van der Waals surface area (Å²) in [5, 5.41) is 5.98. The van der Waals surface area contributed by atoms with Crippen LogP contribution in [-0.2, 0) is 0 Å². The standard InChI is InChI=1S/C26H30Cl2FN7O3/c1-5-35-8-10-36(11-9-35)18-7-6-16(12-17(18)29)32-21-14-22(31-15-30-21)34(2)26(37)33-25-23(27)19(38-3)13-20(39-4)24(25)28/h6-7,12-15H,5,8-11H2,1-4H3,(H,33,37)(H,30,31,32). The number of aromatic nitrogens is 2. The summed E-state index contributed by atoms with van der Waals surface area (Å²) in [6.07, 6.45) is 1.30. The Morgan fingerprint density at radius 3 is 2.31 bits per heavy atom. The van der Waals surface area contributed by atoms with Crippen LogP contribution >= 0.6 is 23.2 Å². The largest absolute Gasteiger partial charge is 0.495 e. The van der Waals surface area contributed by atoms with Crippen molar-refractivity contribution in [1.29, 1.82) is 0 Å². The van der Waals surface area contributed by atoms with Crippen LogP contribution < -0.4 is 29.9 Å². The van der Waals surface area contributed by atoms with Gasteiger partial charge < -0.3 is 29.9 Å². The molecule has 0 unspecified atom stereocenters. The molecular weight excluding hydrogens is 548 g/mol. The lowest BCUT2D eigenvalue weighted by Gasteiger charge is -2.35. The third kappa shape index (κ3) is 6.38. The summed E-state index contributed by atoms with van der Waals surface area (Å²) in [6.45, 7) is 6.49. The predicted molar refractivity (Wildman–Crippen MR) is 153 cm³/mol. The fourth-order valence-electron chi connectivity index (χ4n) is 4.18. The highest BCUT2D eigenvalue weighted by Crippen LogP contribution is 2.44. The first-order chi connectivity index (χ1) is 18.7. The summed E-state index contributed by atoms with van der Waals surface area (Å²) in [6, 6.07) is 7.50. The number of hydrogen-bond donors (Lipinski definition) is 2. The molecule has 0 bridgehead atoms. The number of carbonyl (C=O) groups excluding carboxylic acids is 1. The van der Waals surface area contributed by atoms with E-state index in [9.17, 15) is 9.18 Å². The Morgan fingerprint density at radius 1 is 1.05 bits per heavy atom. The maximum absolute atomic E-state index is 15.0. The fraction of sp³-hybridized carbons (Fsp3) is 0.346. The lowest BCUT2D eigenvalue weighted by atomic mass is 10.2. The second-order valence-corrected chi connectivity index (χ2v) is 9.50. The van der Waals surface area contributed by atoms with E-state index in [4.69, 9.17) is 32.7 Å². The number of rotatable bonds is 8. The zero-order valence-corrected chi connectivity index (χ0v) is 23.6. The van der Waals surface area contributed by atoms with Crippen LogP contribution in [0.4, 0.5) is 37.9 Å². The Balaban J connectivity index is 1.47. The molecule has 208 valence electrons. The highest BCUT2D eigenvalue weighted by Gasteiger charge is 2.22. The second kappa shape index (κ2) is 12.5. The SMILES string of the molecule is CCN1CCN(c2ccc(Nc3cc(N(C)C(=O)Nc4c(Cl)c(OC)cc(OC)c4Cl)ncn3)cc2F)CC1. The summed E-state index contributed by atoms with van der Waals surface area (Å²) < 4.78 is 25.5. The van der Waals surface area contributed by atoms with Crippen molar-refractivity contribution < 1.29 is 18.7 Å². The van der Waals surface area contributed by atoms with Gasteiger partial charge in [-0.05, 0) is 24.7 Å². The summed E-state index contributed by atoms with van der Waals surface area (Å²) >= 11 is 12.7. The van der Waals surface area contributed by atoms with Gasteiger partial charge in [0.2, 0.25) is 0 Å². The van der Waals surface area contributed by atoms with Gasteiger partial charge in [-0.3, -0.25) is 4.90 Å². The summed E-state index contributed by atoms with van der Waals surface area (Å²) in [4.78, 5) is 27.1. The van der Waals surface area contributed by atoms with E-state index in [1.54, 1.807) is 18.2 Å². The molecular formula is C26H30Cl2FN7O3. The van der Waals surface area contributed by atoms with Crippen LogP contribution in [0, 0.1) is 5.82 Å². The molecule has 0 atom stereocenters. The topological polar surface area (TPSA) is 95.1 Å². The highest BCUT2D eigenvalue weighted by molar-refractivity contribution is 6.41. The number of carbonyl (C=O) groups is 1. The van der Waals surface area contributed by atoms with Crippen molar-refractivity contribution in [1.82, 2.24) is 14.9 Å². The van der Waals surface area contributed by atoms with Crippen LogP contribution in [0.25, 0.3) is 0 Å². The first-order valence-electron chi connectivity index (χ1n) is 12.3. The van der Waals surface area contributed by atoms with Gasteiger partial charge in [-0.25, -0.2) is 19.2 Å². The molecule has 10 nitrogen and oxygen atoms in total. The Kier molecular flexibility index (Phi) is 9.16. The average Bonchev–Trinajstić information content (AvgIpc) is 2.95. The molecule has 13 heteroatoms. The summed E-state index contributed by atoms with van der Waals surface area (Å²) in [5.41, 5.74) is 1.22. The molecule has 4 rings (SSSR count). The van der Waals surface area contributed by atoms with Gasteiger partial charge in [0.25, 0.3) is 0 Å². The minimum Gasteiger partial charge on any atom is -0.495 e. The number of halogens is 3. The number of hydrogen-bond acceptors (Lipinski definition) is 8. The second-order valence-electron chi connectivity index (χ2n) is 8.75. The molecule has 39 heavy (non-hydrogen) atoms. The molecule has 0 saturated carbocycles. The van der Waals surface area contributed by atoms with Crippen molar-refractivity contribution in [2.75, 3.05) is 74.4 Å². The Bertz CT molecular complexity index is 1310. The lowest BCUT2D eigenvalue weighted by Crippen LogP contribution is -2.46. The van der Waals surface area contributed by atoms with E-state index in [2.05, 4.69) is 37.3 Å². The van der Waals surface area contributed by atoms with Gasteiger partial charge in [0, 0.05) is 51.0 Å². The van der Waals surface area contributed by atoms with Crippen molar-refractivity contribution in [3.63, 3.8) is 0 Å². The zero-order valence-electron chi connectivity index (χ0n) is 22.1. The lowest BCUT2D eigenvalue weighted by molar-refractivity contribution is 0.258. The summed E-state index contributed by atoms with van der Waals surface area (Å²) in [5.74, 6) is 0.899. The molecule has 1 aliphatic rings. The molecule has 2 amide bonds. The molecule has 2 N–H and O–H groups in total. The molecule has 0 spiro atoms. The number of benzene rings is 2. The van der Waals surface area contributed by atoms with Crippen molar-refractivity contribution in [3.05, 3.63) is 52.5 Å². The zero-order chi connectivity index (χ0) is 28.1. The highest BCUT2D eigenvalue weighted by atomic mass is 35.5. The maximum Gasteiger partial charge on any atom is 0.327 e. The van der Waals surface area contributed by atoms with E-state index in [-0.39, 0.29) is 38.9 Å². The molecule has 2 aromatic carbocycles. The number of methoxy groups -OCH3 is 2. The third-order valence-electron chi connectivity index (χ3n) is 6.49. The fourth-order valence-corrected chi connectivity index (χ4v) is 4.78. The molecule has 0 radical (unpaired) electrons. The van der Waals surface area contributed by atoms with Gasteiger partial charge in [0.15, 0.2) is 0 Å². The summed E-state index contributed by atoms with van der Waals surface area (Å²) in [7, 11) is 4.40. The van der Waals surface area contributed by atoms with Crippen LogP contribution in [0.2, 0.25) is 10.0 Å². The first-order valence-corrected chi connectivity index (χ1v) is 13.0. The number of urea groups is 1. The minimum absolute atomic E-state index is 0.118. The van der Waals surface area contributed by atoms with E-state index >= 15 is 0 Å². The van der Waals surface area contributed by atoms with Crippen LogP contribution in [0.1, 0.15) is 6.92 Å². The van der Waals surface area contributed by atoms with E-state index < -0.39 is 6.03 Å². The monoisotopic (exact) mass is 577 g/mol. The van der Waals surface area contributed by atoms with Gasteiger partial charge in [-0.1, -0.05) is 30.1 Å². The number of ether oxygens (including phenoxy) is 2. The van der Waals surface area contributed by atoms with Gasteiger partial charge >= 0.3 is 6.03 Å². The predicted octanol–water partition coefficient (Wildman–Crippen LogP) is 5.49. The van der Waals surface area contributed by atoms with Crippen LogP contribution in [0.15, 0.2) is 36.7 Å². The van der Waals surface area contributed by atoms with Crippen molar-refractivity contribution >= 4 is 57.9 Å². The van der Waals surface area contributed by atoms with Gasteiger partial charge in [-0.15, -0.1) is 0 Å².